The van der Waals surface area contributed by atoms with Crippen molar-refractivity contribution >= 4 is 5.91 Å². The number of aliphatic hydroxyl groups excluding tert-OH is 2. The molecule has 86 valence electrons. The Balaban J connectivity index is 2.57. The minimum atomic E-state index is -0.377. The molecule has 2 N–H and O–H groups in total. The highest BCUT2D eigenvalue weighted by atomic mass is 16.6. The predicted molar refractivity (Wildman–Crippen MR) is 50.7 cm³/mol. The molecule has 1 aliphatic heterocycles. The summed E-state index contributed by atoms with van der Waals surface area (Å²) in [5.41, 5.74) is 0. The molecular formula is C9H15NO5. The number of ether oxygens (including phenoxy) is 2. The molecule has 0 radical (unpaired) electrons. The van der Waals surface area contributed by atoms with Gasteiger partial charge in [-0.3, -0.25) is 4.79 Å². The molecule has 0 saturated carbocycles. The highest BCUT2D eigenvalue weighted by Gasteiger charge is 2.21. The Morgan fingerprint density at radius 3 is 2.47 bits per heavy atom. The van der Waals surface area contributed by atoms with Crippen LogP contribution in [-0.2, 0) is 14.3 Å². The molecule has 0 unspecified atom stereocenters. The molecule has 1 aliphatic rings. The Bertz CT molecular complexity index is 235. The Morgan fingerprint density at radius 1 is 1.33 bits per heavy atom. The van der Waals surface area contributed by atoms with E-state index in [1.807, 2.05) is 0 Å². The van der Waals surface area contributed by atoms with E-state index in [4.69, 9.17) is 19.7 Å². The monoisotopic (exact) mass is 217 g/mol. The predicted octanol–water partition coefficient (Wildman–Crippen LogP) is -1.31. The third-order valence-electron chi connectivity index (χ3n) is 1.89. The Kier molecular flexibility index (Phi) is 4.92. The van der Waals surface area contributed by atoms with Crippen molar-refractivity contribution < 1.29 is 24.5 Å². The molecule has 0 fully saturated rings. The van der Waals surface area contributed by atoms with Crippen molar-refractivity contribution in [2.24, 2.45) is 0 Å². The van der Waals surface area contributed by atoms with E-state index in [1.54, 1.807) is 0 Å². The van der Waals surface area contributed by atoms with Crippen molar-refractivity contribution in [2.45, 2.75) is 0 Å². The van der Waals surface area contributed by atoms with Crippen molar-refractivity contribution in [3.63, 3.8) is 0 Å². The van der Waals surface area contributed by atoms with Gasteiger partial charge in [0.1, 0.15) is 19.5 Å². The summed E-state index contributed by atoms with van der Waals surface area (Å²) in [6, 6.07) is 0. The molecule has 6 nitrogen and oxygen atoms in total. The first-order valence-corrected chi connectivity index (χ1v) is 4.75. The van der Waals surface area contributed by atoms with Crippen LogP contribution in [0.2, 0.25) is 0 Å². The first kappa shape index (κ1) is 11.8. The molecule has 15 heavy (non-hydrogen) atoms. The average Bonchev–Trinajstić information content (AvgIpc) is 2.29. The van der Waals surface area contributed by atoms with Crippen LogP contribution in [0.5, 0.6) is 0 Å². The fraction of sp³-hybridized carbons (Fsp3) is 0.667. The van der Waals surface area contributed by atoms with Crippen molar-refractivity contribution in [3.8, 4) is 0 Å². The molecule has 0 aliphatic carbocycles. The van der Waals surface area contributed by atoms with Crippen molar-refractivity contribution in [2.75, 3.05) is 39.5 Å². The van der Waals surface area contributed by atoms with Crippen LogP contribution in [0.3, 0.4) is 0 Å². The van der Waals surface area contributed by atoms with Crippen LogP contribution in [0.1, 0.15) is 0 Å². The lowest BCUT2D eigenvalue weighted by molar-refractivity contribution is -0.133. The largest absolute Gasteiger partial charge is 0.494 e. The number of carbonyl (C=O) groups is 1. The highest BCUT2D eigenvalue weighted by Crippen LogP contribution is 2.08. The summed E-state index contributed by atoms with van der Waals surface area (Å²) in [7, 11) is 0. The molecule has 0 saturated heterocycles. The van der Waals surface area contributed by atoms with Crippen LogP contribution in [-0.4, -0.2) is 60.5 Å². The molecule has 1 amide bonds. The summed E-state index contributed by atoms with van der Waals surface area (Å²) in [6.07, 6.45) is 1.26. The second kappa shape index (κ2) is 6.26. The van der Waals surface area contributed by atoms with Crippen LogP contribution < -0.4 is 0 Å². The lowest BCUT2D eigenvalue weighted by Gasteiger charge is -2.23. The third-order valence-corrected chi connectivity index (χ3v) is 1.89. The molecule has 0 spiro atoms. The normalized spacial score (nSPS) is 14.9. The molecule has 0 bridgehead atoms. The van der Waals surface area contributed by atoms with Gasteiger partial charge in [-0.1, -0.05) is 0 Å². The number of hydrogen-bond donors (Lipinski definition) is 2. The molecular weight excluding hydrogens is 202 g/mol. The van der Waals surface area contributed by atoms with Gasteiger partial charge in [0.05, 0.1) is 13.2 Å². The molecule has 0 atom stereocenters. The average molecular weight is 217 g/mol. The lowest BCUT2D eigenvalue weighted by Crippen LogP contribution is -2.38. The van der Waals surface area contributed by atoms with Crippen molar-refractivity contribution in [1.82, 2.24) is 4.90 Å². The fourth-order valence-electron chi connectivity index (χ4n) is 1.19. The maximum Gasteiger partial charge on any atom is 0.292 e. The van der Waals surface area contributed by atoms with Crippen LogP contribution in [0, 0.1) is 0 Å². The summed E-state index contributed by atoms with van der Waals surface area (Å²) in [4.78, 5) is 13.0. The van der Waals surface area contributed by atoms with E-state index < -0.39 is 0 Å². The number of hydrogen-bond acceptors (Lipinski definition) is 5. The summed E-state index contributed by atoms with van der Waals surface area (Å²) in [5.74, 6) is -0.263. The van der Waals surface area contributed by atoms with Gasteiger partial charge in [0.15, 0.2) is 0 Å². The number of rotatable bonds is 5. The smallest absolute Gasteiger partial charge is 0.292 e. The van der Waals surface area contributed by atoms with Gasteiger partial charge in [0.25, 0.3) is 5.91 Å². The van der Waals surface area contributed by atoms with Gasteiger partial charge in [-0.2, -0.15) is 0 Å². The maximum atomic E-state index is 11.7. The zero-order valence-corrected chi connectivity index (χ0v) is 8.39. The van der Waals surface area contributed by atoms with E-state index >= 15 is 0 Å². The van der Waals surface area contributed by atoms with Gasteiger partial charge in [0.2, 0.25) is 5.76 Å². The van der Waals surface area contributed by atoms with E-state index in [-0.39, 0.29) is 38.0 Å². The second-order valence-corrected chi connectivity index (χ2v) is 2.94. The van der Waals surface area contributed by atoms with E-state index in [2.05, 4.69) is 0 Å². The van der Waals surface area contributed by atoms with Crippen LogP contribution in [0.4, 0.5) is 0 Å². The van der Waals surface area contributed by atoms with Gasteiger partial charge >= 0.3 is 0 Å². The molecule has 0 aromatic rings. The second-order valence-electron chi connectivity index (χ2n) is 2.94. The van der Waals surface area contributed by atoms with Gasteiger partial charge in [-0.25, -0.2) is 0 Å². The third kappa shape index (κ3) is 3.41. The maximum absolute atomic E-state index is 11.7. The SMILES string of the molecule is O=C(C1=COCCO1)N(CCO)CCO. The van der Waals surface area contributed by atoms with E-state index in [9.17, 15) is 4.79 Å². The van der Waals surface area contributed by atoms with Gasteiger partial charge in [-0.15, -0.1) is 0 Å². The first-order valence-electron chi connectivity index (χ1n) is 4.75. The van der Waals surface area contributed by atoms with Crippen molar-refractivity contribution in [3.05, 3.63) is 12.0 Å². The lowest BCUT2D eigenvalue weighted by atomic mass is 10.4. The minimum absolute atomic E-state index is 0.114. The standard InChI is InChI=1S/C9H15NO5/c11-3-1-10(2-4-12)9(13)8-7-14-5-6-15-8/h7,11-12H,1-6H2. The number of aliphatic hydroxyl groups is 2. The Morgan fingerprint density at radius 2 is 2.00 bits per heavy atom. The van der Waals surface area contributed by atoms with Crippen LogP contribution >= 0.6 is 0 Å². The first-order chi connectivity index (χ1) is 7.29. The van der Waals surface area contributed by atoms with E-state index in [1.165, 1.54) is 11.2 Å². The Labute approximate surface area is 87.7 Å². The quantitative estimate of drug-likeness (QED) is 0.597. The number of amides is 1. The van der Waals surface area contributed by atoms with Gasteiger partial charge < -0.3 is 24.6 Å². The highest BCUT2D eigenvalue weighted by molar-refractivity contribution is 5.91. The van der Waals surface area contributed by atoms with Crippen LogP contribution in [0.25, 0.3) is 0 Å². The van der Waals surface area contributed by atoms with E-state index in [0.29, 0.717) is 13.2 Å². The number of nitrogens with zero attached hydrogens (tertiary/aromatic N) is 1. The van der Waals surface area contributed by atoms with Crippen molar-refractivity contribution in [1.29, 1.82) is 0 Å². The van der Waals surface area contributed by atoms with Gasteiger partial charge in [0, 0.05) is 13.1 Å². The summed E-state index contributed by atoms with van der Waals surface area (Å²) >= 11 is 0. The van der Waals surface area contributed by atoms with Gasteiger partial charge in [-0.05, 0) is 0 Å². The molecule has 0 aromatic carbocycles. The Hall–Kier alpha value is -1.27. The molecule has 0 aromatic heterocycles. The number of carbonyl (C=O) groups excluding carboxylic acids is 1. The zero-order chi connectivity index (χ0) is 11.1. The fourth-order valence-corrected chi connectivity index (χ4v) is 1.19. The van der Waals surface area contributed by atoms with Crippen LogP contribution in [0.15, 0.2) is 12.0 Å². The summed E-state index contributed by atoms with van der Waals surface area (Å²) < 4.78 is 10.0. The topological polar surface area (TPSA) is 79.2 Å². The molecule has 1 rings (SSSR count). The summed E-state index contributed by atoms with van der Waals surface area (Å²) in [6.45, 7) is 0.792. The summed E-state index contributed by atoms with van der Waals surface area (Å²) in [5, 5.41) is 17.5. The molecule has 6 heteroatoms. The van der Waals surface area contributed by atoms with E-state index in [0.717, 1.165) is 0 Å². The zero-order valence-electron chi connectivity index (χ0n) is 8.39. The molecule has 1 heterocycles. The minimum Gasteiger partial charge on any atom is -0.494 e.